The second-order valence-corrected chi connectivity index (χ2v) is 2.86. The Morgan fingerprint density at radius 1 is 1.50 bits per heavy atom. The molecular weight excluding hydrogens is 214 g/mol. The molecule has 0 saturated carbocycles. The first-order valence-electron chi connectivity index (χ1n) is 4.76. The molecule has 0 aliphatic heterocycles. The molecule has 1 aromatic rings. The summed E-state index contributed by atoms with van der Waals surface area (Å²) in [6.07, 6.45) is 0. The summed E-state index contributed by atoms with van der Waals surface area (Å²) in [5, 5.41) is 10.5. The van der Waals surface area contributed by atoms with E-state index >= 15 is 0 Å². The van der Waals surface area contributed by atoms with E-state index in [1.807, 2.05) is 6.92 Å². The van der Waals surface area contributed by atoms with Gasteiger partial charge in [-0.3, -0.25) is 10.1 Å². The Kier molecular flexibility index (Phi) is 4.46. The van der Waals surface area contributed by atoms with Crippen LogP contribution in [0.2, 0.25) is 0 Å². The molecule has 7 heteroatoms. The van der Waals surface area contributed by atoms with Gasteiger partial charge in [-0.05, 0) is 6.92 Å². The Hall–Kier alpha value is -1.89. The van der Waals surface area contributed by atoms with Crippen molar-refractivity contribution >= 4 is 11.5 Å². The Morgan fingerprint density at radius 3 is 2.81 bits per heavy atom. The normalized spacial score (nSPS) is 10.1. The van der Waals surface area contributed by atoms with Gasteiger partial charge in [-0.25, -0.2) is 0 Å². The first kappa shape index (κ1) is 12.2. The maximum atomic E-state index is 10.5. The van der Waals surface area contributed by atoms with Crippen molar-refractivity contribution in [2.45, 2.75) is 6.92 Å². The van der Waals surface area contributed by atoms with Crippen LogP contribution in [-0.2, 0) is 4.74 Å². The van der Waals surface area contributed by atoms with Gasteiger partial charge in [0.2, 0.25) is 11.7 Å². The zero-order valence-electron chi connectivity index (χ0n) is 8.88. The molecule has 1 rings (SSSR count). The van der Waals surface area contributed by atoms with E-state index in [2.05, 4.69) is 4.98 Å². The molecule has 2 N–H and O–H groups in total. The third-order valence-corrected chi connectivity index (χ3v) is 1.76. The highest BCUT2D eigenvalue weighted by atomic mass is 16.6. The summed E-state index contributed by atoms with van der Waals surface area (Å²) in [7, 11) is 0. The molecule has 16 heavy (non-hydrogen) atoms. The van der Waals surface area contributed by atoms with Crippen molar-refractivity contribution in [1.82, 2.24) is 4.98 Å². The van der Waals surface area contributed by atoms with Crippen molar-refractivity contribution in [2.75, 3.05) is 25.6 Å². The Morgan fingerprint density at radius 2 is 2.25 bits per heavy atom. The average molecular weight is 227 g/mol. The average Bonchev–Trinajstić information content (AvgIpc) is 2.24. The van der Waals surface area contributed by atoms with Crippen LogP contribution in [-0.4, -0.2) is 29.7 Å². The number of pyridine rings is 1. The second kappa shape index (κ2) is 5.86. The van der Waals surface area contributed by atoms with Gasteiger partial charge >= 0.3 is 5.69 Å². The summed E-state index contributed by atoms with van der Waals surface area (Å²) in [5.74, 6) is 0.0988. The lowest BCUT2D eigenvalue weighted by molar-refractivity contribution is -0.384. The van der Waals surface area contributed by atoms with Gasteiger partial charge in [-0.15, -0.1) is 0 Å². The molecule has 0 aromatic carbocycles. The Balaban J connectivity index is 2.56. The van der Waals surface area contributed by atoms with Crippen LogP contribution in [0.4, 0.5) is 11.5 Å². The van der Waals surface area contributed by atoms with Gasteiger partial charge in [-0.2, -0.15) is 4.98 Å². The number of anilines is 1. The highest BCUT2D eigenvalue weighted by molar-refractivity contribution is 5.53. The first-order chi connectivity index (χ1) is 7.65. The number of hydrogen-bond donors (Lipinski definition) is 1. The van der Waals surface area contributed by atoms with E-state index in [1.54, 1.807) is 0 Å². The lowest BCUT2D eigenvalue weighted by Crippen LogP contribution is -2.08. The van der Waals surface area contributed by atoms with Crippen LogP contribution >= 0.6 is 0 Å². The molecule has 0 fully saturated rings. The standard InChI is InChI=1S/C9H13N3O4/c1-2-15-5-6-16-8-4-3-7(12(13)14)9(10)11-8/h3-4H,2,5-6H2,1H3,(H2,10,11). The van der Waals surface area contributed by atoms with Crippen LogP contribution in [0.5, 0.6) is 5.88 Å². The number of nitrogens with two attached hydrogens (primary N) is 1. The molecule has 0 unspecified atom stereocenters. The summed E-state index contributed by atoms with van der Waals surface area (Å²) in [5.41, 5.74) is 5.16. The van der Waals surface area contributed by atoms with Crippen molar-refractivity contribution in [3.05, 3.63) is 22.2 Å². The van der Waals surface area contributed by atoms with Gasteiger partial charge in [-0.1, -0.05) is 0 Å². The molecule has 0 radical (unpaired) electrons. The molecule has 0 saturated heterocycles. The van der Waals surface area contributed by atoms with Gasteiger partial charge < -0.3 is 15.2 Å². The van der Waals surface area contributed by atoms with Crippen LogP contribution in [0.15, 0.2) is 12.1 Å². The lowest BCUT2D eigenvalue weighted by atomic mass is 10.4. The minimum atomic E-state index is -0.591. The van der Waals surface area contributed by atoms with Gasteiger partial charge in [0.25, 0.3) is 0 Å². The summed E-state index contributed by atoms with van der Waals surface area (Å²) in [4.78, 5) is 13.6. The largest absolute Gasteiger partial charge is 0.475 e. The SMILES string of the molecule is CCOCCOc1ccc([N+](=O)[O-])c(N)n1. The van der Waals surface area contributed by atoms with E-state index in [4.69, 9.17) is 15.2 Å². The molecule has 0 bridgehead atoms. The quantitative estimate of drug-likeness (QED) is 0.441. The van der Waals surface area contributed by atoms with Gasteiger partial charge in [0.05, 0.1) is 11.5 Å². The maximum absolute atomic E-state index is 10.5. The minimum Gasteiger partial charge on any atom is -0.475 e. The lowest BCUT2D eigenvalue weighted by Gasteiger charge is -2.05. The maximum Gasteiger partial charge on any atom is 0.311 e. The monoisotopic (exact) mass is 227 g/mol. The number of nitrogens with zero attached hydrogens (tertiary/aromatic N) is 2. The van der Waals surface area contributed by atoms with E-state index < -0.39 is 4.92 Å². The highest BCUT2D eigenvalue weighted by Crippen LogP contribution is 2.21. The second-order valence-electron chi connectivity index (χ2n) is 2.86. The van der Waals surface area contributed by atoms with E-state index in [0.29, 0.717) is 19.8 Å². The number of ether oxygens (including phenoxy) is 2. The number of nitrogen functional groups attached to an aromatic ring is 1. The molecule has 7 nitrogen and oxygen atoms in total. The van der Waals surface area contributed by atoms with E-state index in [0.717, 1.165) is 0 Å². The molecule has 0 aliphatic carbocycles. The zero-order valence-corrected chi connectivity index (χ0v) is 8.88. The van der Waals surface area contributed by atoms with Crippen LogP contribution < -0.4 is 10.5 Å². The van der Waals surface area contributed by atoms with Gasteiger partial charge in [0, 0.05) is 18.7 Å². The fourth-order valence-corrected chi connectivity index (χ4v) is 1.03. The Bertz CT molecular complexity index is 370. The predicted octanol–water partition coefficient (Wildman–Crippen LogP) is 0.987. The molecule has 88 valence electrons. The molecule has 0 atom stereocenters. The van der Waals surface area contributed by atoms with Crippen molar-refractivity contribution < 1.29 is 14.4 Å². The fourth-order valence-electron chi connectivity index (χ4n) is 1.03. The van der Waals surface area contributed by atoms with Crippen LogP contribution in [0.3, 0.4) is 0 Å². The summed E-state index contributed by atoms with van der Waals surface area (Å²) in [6.45, 7) is 3.26. The number of rotatable bonds is 6. The summed E-state index contributed by atoms with van der Waals surface area (Å²) < 4.78 is 10.2. The van der Waals surface area contributed by atoms with Gasteiger partial charge in [0.1, 0.15) is 6.61 Å². The van der Waals surface area contributed by atoms with Crippen molar-refractivity contribution in [2.24, 2.45) is 0 Å². The molecule has 0 amide bonds. The Labute approximate surface area is 92.3 Å². The third-order valence-electron chi connectivity index (χ3n) is 1.76. The molecule has 0 spiro atoms. The van der Waals surface area contributed by atoms with Crippen LogP contribution in [0.25, 0.3) is 0 Å². The molecule has 0 aliphatic rings. The number of aromatic nitrogens is 1. The van der Waals surface area contributed by atoms with Crippen molar-refractivity contribution in [1.29, 1.82) is 0 Å². The first-order valence-corrected chi connectivity index (χ1v) is 4.76. The zero-order chi connectivity index (χ0) is 12.0. The van der Waals surface area contributed by atoms with Crippen LogP contribution in [0.1, 0.15) is 6.92 Å². The van der Waals surface area contributed by atoms with E-state index in [9.17, 15) is 10.1 Å². The fraction of sp³-hybridized carbons (Fsp3) is 0.444. The minimum absolute atomic E-state index is 0.154. The molecule has 1 heterocycles. The number of nitro groups is 1. The summed E-state index contributed by atoms with van der Waals surface area (Å²) in [6, 6.07) is 2.67. The molecule has 1 aromatic heterocycles. The van der Waals surface area contributed by atoms with E-state index in [1.165, 1.54) is 12.1 Å². The van der Waals surface area contributed by atoms with Crippen molar-refractivity contribution in [3.63, 3.8) is 0 Å². The topological polar surface area (TPSA) is 101 Å². The summed E-state index contributed by atoms with van der Waals surface area (Å²) >= 11 is 0. The van der Waals surface area contributed by atoms with Crippen LogP contribution in [0, 0.1) is 10.1 Å². The predicted molar refractivity (Wildman–Crippen MR) is 57.3 cm³/mol. The molecular formula is C9H13N3O4. The smallest absolute Gasteiger partial charge is 0.311 e. The van der Waals surface area contributed by atoms with Crippen molar-refractivity contribution in [3.8, 4) is 5.88 Å². The van der Waals surface area contributed by atoms with Gasteiger partial charge in [0.15, 0.2) is 0 Å². The number of hydrogen-bond acceptors (Lipinski definition) is 6. The highest BCUT2D eigenvalue weighted by Gasteiger charge is 2.12. The third kappa shape index (κ3) is 3.35. The van der Waals surface area contributed by atoms with E-state index in [-0.39, 0.29) is 17.4 Å².